The Morgan fingerprint density at radius 3 is 3.00 bits per heavy atom. The molecule has 116 valence electrons. The first-order valence-corrected chi connectivity index (χ1v) is 7.70. The predicted octanol–water partition coefficient (Wildman–Crippen LogP) is 3.11. The van der Waals surface area contributed by atoms with Gasteiger partial charge in [0.25, 0.3) is 0 Å². The monoisotopic (exact) mass is 299 g/mol. The van der Waals surface area contributed by atoms with Crippen LogP contribution in [-0.4, -0.2) is 16.9 Å². The normalized spacial score (nSPS) is 21.0. The van der Waals surface area contributed by atoms with Gasteiger partial charge in [0.2, 0.25) is 11.8 Å². The van der Waals surface area contributed by atoms with E-state index in [0.717, 1.165) is 36.2 Å². The van der Waals surface area contributed by atoms with Gasteiger partial charge in [0, 0.05) is 23.7 Å². The van der Waals surface area contributed by atoms with Gasteiger partial charge in [-0.3, -0.25) is 4.79 Å². The summed E-state index contributed by atoms with van der Waals surface area (Å²) in [4.78, 5) is 16.5. The van der Waals surface area contributed by atoms with E-state index in [9.17, 15) is 4.79 Å². The van der Waals surface area contributed by atoms with E-state index in [1.54, 1.807) is 6.26 Å². The Morgan fingerprint density at radius 2 is 2.32 bits per heavy atom. The molecule has 1 heterocycles. The fraction of sp³-hybridized carbons (Fsp3) is 0.412. The van der Waals surface area contributed by atoms with E-state index < -0.39 is 0 Å². The Labute approximate surface area is 129 Å². The third-order valence-electron chi connectivity index (χ3n) is 4.18. The zero-order valence-electron chi connectivity index (χ0n) is 12.7. The standard InChI is InChI=1S/C17H21N3O2/c1-11-10-22-17(19-11)13-5-2-6-14(8-13)20-16(21)9-12-4-3-7-15(12)18/h2,5-6,8,10,12,15H,3-4,7,9,18H2,1H3,(H,20,21)/t12-,15+/m0/s1. The number of aryl methyl sites for hydroxylation is 1. The van der Waals surface area contributed by atoms with Crippen molar-refractivity contribution in [3.05, 3.63) is 36.2 Å². The van der Waals surface area contributed by atoms with Crippen molar-refractivity contribution in [2.24, 2.45) is 11.7 Å². The molecule has 3 rings (SSSR count). The number of aromatic nitrogens is 1. The number of nitrogens with two attached hydrogens (primary N) is 1. The number of benzene rings is 1. The number of hydrogen-bond acceptors (Lipinski definition) is 4. The number of hydrogen-bond donors (Lipinski definition) is 2. The SMILES string of the molecule is Cc1coc(-c2cccc(NC(=O)C[C@@H]3CCC[C@H]3N)c2)n1. The average molecular weight is 299 g/mol. The van der Waals surface area contributed by atoms with E-state index in [4.69, 9.17) is 10.2 Å². The van der Waals surface area contributed by atoms with Gasteiger partial charge in [-0.15, -0.1) is 0 Å². The van der Waals surface area contributed by atoms with Crippen molar-refractivity contribution in [2.75, 3.05) is 5.32 Å². The molecule has 1 aromatic heterocycles. The summed E-state index contributed by atoms with van der Waals surface area (Å²) in [6, 6.07) is 7.69. The van der Waals surface area contributed by atoms with Crippen molar-refractivity contribution in [2.45, 2.75) is 38.6 Å². The molecule has 0 saturated heterocycles. The summed E-state index contributed by atoms with van der Waals surface area (Å²) in [6.45, 7) is 1.88. The quantitative estimate of drug-likeness (QED) is 0.909. The molecular weight excluding hydrogens is 278 g/mol. The van der Waals surface area contributed by atoms with Crippen LogP contribution in [0.4, 0.5) is 5.69 Å². The molecule has 1 saturated carbocycles. The number of oxazole rings is 1. The van der Waals surface area contributed by atoms with Gasteiger partial charge in [-0.25, -0.2) is 4.98 Å². The van der Waals surface area contributed by atoms with Crippen LogP contribution in [0.25, 0.3) is 11.5 Å². The van der Waals surface area contributed by atoms with Crippen LogP contribution < -0.4 is 11.1 Å². The van der Waals surface area contributed by atoms with Crippen LogP contribution in [0, 0.1) is 12.8 Å². The molecule has 5 heteroatoms. The lowest BCUT2D eigenvalue weighted by Crippen LogP contribution is -2.28. The van der Waals surface area contributed by atoms with Crippen molar-refractivity contribution in [1.82, 2.24) is 4.98 Å². The first kappa shape index (κ1) is 14.8. The van der Waals surface area contributed by atoms with Crippen molar-refractivity contribution in [3.63, 3.8) is 0 Å². The van der Waals surface area contributed by atoms with E-state index in [-0.39, 0.29) is 11.9 Å². The van der Waals surface area contributed by atoms with Gasteiger partial charge in [0.05, 0.1) is 5.69 Å². The van der Waals surface area contributed by atoms with Crippen LogP contribution in [0.5, 0.6) is 0 Å². The van der Waals surface area contributed by atoms with Crippen molar-refractivity contribution < 1.29 is 9.21 Å². The van der Waals surface area contributed by atoms with Gasteiger partial charge in [0.1, 0.15) is 6.26 Å². The smallest absolute Gasteiger partial charge is 0.226 e. The summed E-state index contributed by atoms with van der Waals surface area (Å²) in [5, 5.41) is 2.94. The van der Waals surface area contributed by atoms with E-state index in [0.29, 0.717) is 18.2 Å². The molecule has 0 bridgehead atoms. The summed E-state index contributed by atoms with van der Waals surface area (Å²) in [5.74, 6) is 0.882. The number of anilines is 1. The average Bonchev–Trinajstić information content (AvgIpc) is 3.09. The second-order valence-electron chi connectivity index (χ2n) is 5.98. The molecule has 22 heavy (non-hydrogen) atoms. The van der Waals surface area contributed by atoms with E-state index >= 15 is 0 Å². The second-order valence-corrected chi connectivity index (χ2v) is 5.98. The molecule has 1 aromatic carbocycles. The van der Waals surface area contributed by atoms with Gasteiger partial charge in [-0.2, -0.15) is 0 Å². The third kappa shape index (κ3) is 3.36. The van der Waals surface area contributed by atoms with Crippen molar-refractivity contribution >= 4 is 11.6 Å². The lowest BCUT2D eigenvalue weighted by atomic mass is 10.00. The topological polar surface area (TPSA) is 81.2 Å². The Kier molecular flexibility index (Phi) is 4.24. The van der Waals surface area contributed by atoms with Crippen molar-refractivity contribution in [3.8, 4) is 11.5 Å². The highest BCUT2D eigenvalue weighted by Crippen LogP contribution is 2.27. The molecule has 0 aliphatic heterocycles. The lowest BCUT2D eigenvalue weighted by Gasteiger charge is -2.14. The number of rotatable bonds is 4. The minimum atomic E-state index is 0.0167. The molecule has 1 aliphatic rings. The minimum absolute atomic E-state index is 0.0167. The first-order valence-electron chi connectivity index (χ1n) is 7.70. The summed E-state index contributed by atoms with van der Waals surface area (Å²) >= 11 is 0. The van der Waals surface area contributed by atoms with Crippen molar-refractivity contribution in [1.29, 1.82) is 0 Å². The maximum absolute atomic E-state index is 12.2. The maximum atomic E-state index is 12.2. The molecule has 0 radical (unpaired) electrons. The van der Waals surface area contributed by atoms with Crippen LogP contribution in [-0.2, 0) is 4.79 Å². The highest BCUT2D eigenvalue weighted by Gasteiger charge is 2.26. The zero-order valence-corrected chi connectivity index (χ0v) is 12.7. The number of nitrogens with one attached hydrogen (secondary N) is 1. The van der Waals surface area contributed by atoms with Crippen LogP contribution in [0.15, 0.2) is 34.9 Å². The lowest BCUT2D eigenvalue weighted by molar-refractivity contribution is -0.117. The molecule has 0 spiro atoms. The fourth-order valence-corrected chi connectivity index (χ4v) is 2.99. The van der Waals surface area contributed by atoms with E-state index in [2.05, 4.69) is 10.3 Å². The molecule has 1 aliphatic carbocycles. The Bertz CT molecular complexity index is 665. The summed E-state index contributed by atoms with van der Waals surface area (Å²) < 4.78 is 5.39. The molecule has 2 atom stereocenters. The van der Waals surface area contributed by atoms with Gasteiger partial charge < -0.3 is 15.5 Å². The fourth-order valence-electron chi connectivity index (χ4n) is 2.99. The van der Waals surface area contributed by atoms with Crippen LogP contribution in [0.1, 0.15) is 31.4 Å². The number of amides is 1. The zero-order chi connectivity index (χ0) is 15.5. The Morgan fingerprint density at radius 1 is 1.45 bits per heavy atom. The highest BCUT2D eigenvalue weighted by molar-refractivity contribution is 5.91. The highest BCUT2D eigenvalue weighted by atomic mass is 16.3. The van der Waals surface area contributed by atoms with Gasteiger partial charge >= 0.3 is 0 Å². The minimum Gasteiger partial charge on any atom is -0.444 e. The summed E-state index contributed by atoms with van der Waals surface area (Å²) in [7, 11) is 0. The van der Waals surface area contributed by atoms with E-state index in [1.807, 2.05) is 31.2 Å². The number of carbonyl (C=O) groups excluding carboxylic acids is 1. The molecule has 1 fully saturated rings. The van der Waals surface area contributed by atoms with Gasteiger partial charge in [-0.05, 0) is 43.9 Å². The van der Waals surface area contributed by atoms with Crippen LogP contribution in [0.3, 0.4) is 0 Å². The maximum Gasteiger partial charge on any atom is 0.226 e. The van der Waals surface area contributed by atoms with Gasteiger partial charge in [-0.1, -0.05) is 12.5 Å². The molecule has 1 amide bonds. The van der Waals surface area contributed by atoms with E-state index in [1.165, 1.54) is 0 Å². The number of carbonyl (C=O) groups is 1. The van der Waals surface area contributed by atoms with Gasteiger partial charge in [0.15, 0.2) is 0 Å². The number of nitrogens with zero attached hydrogens (tertiary/aromatic N) is 1. The largest absolute Gasteiger partial charge is 0.444 e. The molecule has 5 nitrogen and oxygen atoms in total. The third-order valence-corrected chi connectivity index (χ3v) is 4.18. The Balaban J connectivity index is 1.66. The van der Waals surface area contributed by atoms with Crippen LogP contribution in [0.2, 0.25) is 0 Å². The molecular formula is C17H21N3O2. The van der Waals surface area contributed by atoms with Crippen LogP contribution >= 0.6 is 0 Å². The molecule has 0 unspecified atom stereocenters. The predicted molar refractivity (Wildman–Crippen MR) is 85.2 cm³/mol. The Hall–Kier alpha value is -2.14. The summed E-state index contributed by atoms with van der Waals surface area (Å²) in [5.41, 5.74) is 8.46. The first-order chi connectivity index (χ1) is 10.6. The summed E-state index contributed by atoms with van der Waals surface area (Å²) in [6.07, 6.45) is 5.30. The molecule has 3 N–H and O–H groups in total. The second kappa shape index (κ2) is 6.32. The molecule has 2 aromatic rings.